The van der Waals surface area contributed by atoms with Crippen molar-refractivity contribution in [2.24, 2.45) is 4.99 Å². The van der Waals surface area contributed by atoms with Gasteiger partial charge in [-0.25, -0.2) is 0 Å². The highest BCUT2D eigenvalue weighted by atomic mass is 127. The molecule has 3 N–H and O–H groups in total. The minimum absolute atomic E-state index is 0. The fraction of sp³-hybridized carbons (Fsp3) is 0.333. The Balaban J connectivity index is 0.00000242. The third-order valence-corrected chi connectivity index (χ3v) is 2.95. The summed E-state index contributed by atoms with van der Waals surface area (Å²) < 4.78 is 5.61. The molecular weight excluding hydrogens is 393 g/mol. The number of hydrogen-bond acceptors (Lipinski definition) is 3. The molecular formula is C15H22IN5O. The van der Waals surface area contributed by atoms with Crippen LogP contribution < -0.4 is 15.4 Å². The Bertz CT molecular complexity index is 571. The van der Waals surface area contributed by atoms with Crippen LogP contribution in [0.25, 0.3) is 0 Å². The molecule has 120 valence electrons. The molecule has 2 aromatic rings. The number of benzene rings is 1. The van der Waals surface area contributed by atoms with Gasteiger partial charge in [0.25, 0.3) is 0 Å². The summed E-state index contributed by atoms with van der Waals surface area (Å²) in [6.45, 7) is 3.94. The molecule has 0 bridgehead atoms. The SMILES string of the molecule is CCOc1ccccc1CNC(=NC)NCc1ccn[nH]1.I. The Morgan fingerprint density at radius 2 is 2.00 bits per heavy atom. The lowest BCUT2D eigenvalue weighted by Crippen LogP contribution is -2.36. The molecule has 0 radical (unpaired) electrons. The largest absolute Gasteiger partial charge is 0.494 e. The topological polar surface area (TPSA) is 74.3 Å². The number of halogens is 1. The highest BCUT2D eigenvalue weighted by Crippen LogP contribution is 2.17. The van der Waals surface area contributed by atoms with Gasteiger partial charge in [-0.2, -0.15) is 5.10 Å². The summed E-state index contributed by atoms with van der Waals surface area (Å²) in [4.78, 5) is 4.20. The molecule has 1 aromatic heterocycles. The van der Waals surface area contributed by atoms with E-state index < -0.39 is 0 Å². The minimum atomic E-state index is 0. The number of guanidine groups is 1. The summed E-state index contributed by atoms with van der Waals surface area (Å²) >= 11 is 0. The first-order valence-corrected chi connectivity index (χ1v) is 6.97. The van der Waals surface area contributed by atoms with Crippen molar-refractivity contribution in [1.82, 2.24) is 20.8 Å². The van der Waals surface area contributed by atoms with E-state index in [1.807, 2.05) is 37.3 Å². The Hall–Kier alpha value is -1.77. The molecule has 2 rings (SSSR count). The zero-order valence-electron chi connectivity index (χ0n) is 12.8. The molecule has 0 amide bonds. The van der Waals surface area contributed by atoms with Crippen LogP contribution in [-0.4, -0.2) is 29.8 Å². The number of rotatable bonds is 6. The molecule has 0 aliphatic rings. The minimum Gasteiger partial charge on any atom is -0.494 e. The molecule has 0 aliphatic carbocycles. The van der Waals surface area contributed by atoms with Gasteiger partial charge >= 0.3 is 0 Å². The smallest absolute Gasteiger partial charge is 0.191 e. The van der Waals surface area contributed by atoms with Gasteiger partial charge < -0.3 is 15.4 Å². The van der Waals surface area contributed by atoms with Crippen molar-refractivity contribution in [3.63, 3.8) is 0 Å². The maximum Gasteiger partial charge on any atom is 0.191 e. The number of ether oxygens (including phenoxy) is 1. The summed E-state index contributed by atoms with van der Waals surface area (Å²) in [5.74, 6) is 1.63. The lowest BCUT2D eigenvalue weighted by molar-refractivity contribution is 0.336. The van der Waals surface area contributed by atoms with Crippen molar-refractivity contribution in [3.8, 4) is 5.75 Å². The molecule has 0 unspecified atom stereocenters. The summed E-state index contributed by atoms with van der Waals surface area (Å²) in [6, 6.07) is 9.91. The number of aromatic amines is 1. The maximum atomic E-state index is 5.61. The zero-order valence-corrected chi connectivity index (χ0v) is 15.1. The van der Waals surface area contributed by atoms with Gasteiger partial charge in [-0.1, -0.05) is 18.2 Å². The van der Waals surface area contributed by atoms with Gasteiger partial charge in [0.1, 0.15) is 5.75 Å². The van der Waals surface area contributed by atoms with Crippen molar-refractivity contribution >= 4 is 29.9 Å². The van der Waals surface area contributed by atoms with Crippen molar-refractivity contribution in [3.05, 3.63) is 47.8 Å². The molecule has 0 spiro atoms. The standard InChI is InChI=1S/C15H21N5O.HI/c1-3-21-14-7-5-4-6-12(14)10-17-15(16-2)18-11-13-8-9-19-20-13;/h4-9H,3,10-11H2,1-2H3,(H,19,20)(H2,16,17,18);1H. The number of H-pyrrole nitrogens is 1. The first-order chi connectivity index (χ1) is 10.3. The Kier molecular flexibility index (Phi) is 8.34. The second kappa shape index (κ2) is 10.0. The van der Waals surface area contributed by atoms with Gasteiger partial charge in [0.2, 0.25) is 0 Å². The number of nitrogens with zero attached hydrogens (tertiary/aromatic N) is 2. The number of aromatic nitrogens is 2. The normalized spacial score (nSPS) is 10.7. The Morgan fingerprint density at radius 1 is 1.23 bits per heavy atom. The number of hydrogen-bond donors (Lipinski definition) is 3. The third-order valence-electron chi connectivity index (χ3n) is 2.95. The van der Waals surface area contributed by atoms with Gasteiger partial charge in [0.05, 0.1) is 18.8 Å². The number of nitrogens with one attached hydrogen (secondary N) is 3. The van der Waals surface area contributed by atoms with Crippen molar-refractivity contribution in [1.29, 1.82) is 0 Å². The van der Waals surface area contributed by atoms with Crippen LogP contribution in [-0.2, 0) is 13.1 Å². The van der Waals surface area contributed by atoms with E-state index in [4.69, 9.17) is 4.74 Å². The molecule has 0 aliphatic heterocycles. The highest BCUT2D eigenvalue weighted by Gasteiger charge is 2.04. The molecule has 1 heterocycles. The summed E-state index contributed by atoms with van der Waals surface area (Å²) in [6.07, 6.45) is 1.73. The monoisotopic (exact) mass is 415 g/mol. The molecule has 7 heteroatoms. The molecule has 0 saturated carbocycles. The summed E-state index contributed by atoms with van der Waals surface area (Å²) in [5.41, 5.74) is 2.11. The van der Waals surface area contributed by atoms with Crippen LogP contribution in [0.5, 0.6) is 5.75 Å². The van der Waals surface area contributed by atoms with Crippen molar-refractivity contribution in [2.45, 2.75) is 20.0 Å². The van der Waals surface area contributed by atoms with Crippen LogP contribution in [0.2, 0.25) is 0 Å². The highest BCUT2D eigenvalue weighted by molar-refractivity contribution is 14.0. The summed E-state index contributed by atoms with van der Waals surface area (Å²) in [5, 5.41) is 13.3. The molecule has 22 heavy (non-hydrogen) atoms. The van der Waals surface area contributed by atoms with E-state index in [2.05, 4.69) is 25.8 Å². The van der Waals surface area contributed by atoms with Crippen LogP contribution in [0.15, 0.2) is 41.5 Å². The lowest BCUT2D eigenvalue weighted by atomic mass is 10.2. The van der Waals surface area contributed by atoms with Crippen molar-refractivity contribution in [2.75, 3.05) is 13.7 Å². The number of aliphatic imine (C=N–C) groups is 1. The van der Waals surface area contributed by atoms with Crippen LogP contribution in [0.4, 0.5) is 0 Å². The van der Waals surface area contributed by atoms with E-state index in [9.17, 15) is 0 Å². The maximum absolute atomic E-state index is 5.61. The fourth-order valence-corrected chi connectivity index (χ4v) is 1.91. The third kappa shape index (κ3) is 5.55. The van der Waals surface area contributed by atoms with Crippen LogP contribution in [0.1, 0.15) is 18.2 Å². The van der Waals surface area contributed by atoms with Gasteiger partial charge in [-0.05, 0) is 19.1 Å². The van der Waals surface area contributed by atoms with Crippen molar-refractivity contribution < 1.29 is 4.74 Å². The molecule has 1 aromatic carbocycles. The van der Waals surface area contributed by atoms with E-state index in [1.54, 1.807) is 13.2 Å². The van der Waals surface area contributed by atoms with Gasteiger partial charge in [0, 0.05) is 25.4 Å². The number of para-hydroxylation sites is 1. The molecule has 0 fully saturated rings. The van der Waals surface area contributed by atoms with Crippen LogP contribution in [0, 0.1) is 0 Å². The van der Waals surface area contributed by atoms with Crippen LogP contribution in [0.3, 0.4) is 0 Å². The average Bonchev–Trinajstić information content (AvgIpc) is 3.02. The Labute approximate surface area is 147 Å². The van der Waals surface area contributed by atoms with Gasteiger partial charge in [-0.3, -0.25) is 10.1 Å². The second-order valence-electron chi connectivity index (χ2n) is 4.40. The van der Waals surface area contributed by atoms with E-state index >= 15 is 0 Å². The Morgan fingerprint density at radius 3 is 2.68 bits per heavy atom. The first-order valence-electron chi connectivity index (χ1n) is 6.97. The van der Waals surface area contributed by atoms with Crippen LogP contribution >= 0.6 is 24.0 Å². The summed E-state index contributed by atoms with van der Waals surface area (Å²) in [7, 11) is 1.75. The quantitative estimate of drug-likeness (QED) is 0.385. The fourth-order valence-electron chi connectivity index (χ4n) is 1.91. The van der Waals surface area contributed by atoms with E-state index in [-0.39, 0.29) is 24.0 Å². The van der Waals surface area contributed by atoms with E-state index in [0.29, 0.717) is 19.7 Å². The predicted molar refractivity (Wildman–Crippen MR) is 98.7 cm³/mol. The molecule has 6 nitrogen and oxygen atoms in total. The van der Waals surface area contributed by atoms with E-state index in [0.717, 1.165) is 23.0 Å². The molecule has 0 saturated heterocycles. The predicted octanol–water partition coefficient (Wildman–Crippen LogP) is 2.29. The lowest BCUT2D eigenvalue weighted by Gasteiger charge is -2.14. The van der Waals surface area contributed by atoms with E-state index in [1.165, 1.54) is 0 Å². The van der Waals surface area contributed by atoms with Gasteiger partial charge in [-0.15, -0.1) is 24.0 Å². The van der Waals surface area contributed by atoms with Gasteiger partial charge in [0.15, 0.2) is 5.96 Å². The first kappa shape index (κ1) is 18.3. The average molecular weight is 415 g/mol. The second-order valence-corrected chi connectivity index (χ2v) is 4.40. The molecule has 0 atom stereocenters. The zero-order chi connectivity index (χ0) is 14.9.